The Balaban J connectivity index is 1.82. The average molecular weight is 305 g/mol. The minimum atomic E-state index is -0.104. The van der Waals surface area contributed by atoms with Gasteiger partial charge in [-0.05, 0) is 36.8 Å². The molecule has 0 bridgehead atoms. The summed E-state index contributed by atoms with van der Waals surface area (Å²) in [4.78, 5) is 16.3. The van der Waals surface area contributed by atoms with E-state index < -0.39 is 0 Å². The molecule has 3 heterocycles. The van der Waals surface area contributed by atoms with Gasteiger partial charge < -0.3 is 10.1 Å². The van der Waals surface area contributed by atoms with Crippen molar-refractivity contribution in [3.8, 4) is 17.2 Å². The summed E-state index contributed by atoms with van der Waals surface area (Å²) in [6.45, 7) is 1.90. The summed E-state index contributed by atoms with van der Waals surface area (Å²) < 4.78 is 1.98. The van der Waals surface area contributed by atoms with E-state index in [1.54, 1.807) is 6.20 Å². The Morgan fingerprint density at radius 2 is 2.09 bits per heavy atom. The number of pyridine rings is 1. The first kappa shape index (κ1) is 13.7. The molecule has 2 N–H and O–H groups in total. The van der Waals surface area contributed by atoms with Gasteiger partial charge in [0.05, 0.1) is 11.0 Å². The molecular formula is C17H15N5O. The first-order valence-corrected chi connectivity index (χ1v) is 7.31. The molecule has 0 saturated heterocycles. The fourth-order valence-corrected chi connectivity index (χ4v) is 2.58. The van der Waals surface area contributed by atoms with Gasteiger partial charge in [0.25, 0.3) is 0 Å². The Bertz CT molecular complexity index is 968. The molecule has 0 atom stereocenters. The zero-order valence-electron chi connectivity index (χ0n) is 12.6. The molecule has 6 nitrogen and oxygen atoms in total. The second-order valence-corrected chi connectivity index (χ2v) is 5.38. The van der Waals surface area contributed by atoms with Crippen LogP contribution in [0.25, 0.3) is 28.2 Å². The second-order valence-electron chi connectivity index (χ2n) is 5.38. The first-order chi connectivity index (χ1) is 11.2. The lowest BCUT2D eigenvalue weighted by Gasteiger charge is -2.07. The SMILES string of the molecule is Cc1ccc(-c2nccn2-c2ccc3nc(CO)[nH]c3c2)nc1. The highest BCUT2D eigenvalue weighted by molar-refractivity contribution is 5.78. The third kappa shape index (κ3) is 2.39. The van der Waals surface area contributed by atoms with Crippen LogP contribution >= 0.6 is 0 Å². The van der Waals surface area contributed by atoms with Crippen LogP contribution in [0.3, 0.4) is 0 Å². The lowest BCUT2D eigenvalue weighted by molar-refractivity contribution is 0.273. The number of rotatable bonds is 3. The molecule has 1 aromatic carbocycles. The maximum Gasteiger partial charge on any atom is 0.163 e. The van der Waals surface area contributed by atoms with Crippen molar-refractivity contribution < 1.29 is 5.11 Å². The van der Waals surface area contributed by atoms with Gasteiger partial charge in [0.1, 0.15) is 18.1 Å². The number of imidazole rings is 2. The zero-order chi connectivity index (χ0) is 15.8. The van der Waals surface area contributed by atoms with E-state index in [2.05, 4.69) is 19.9 Å². The summed E-state index contributed by atoms with van der Waals surface area (Å²) in [6.07, 6.45) is 5.49. The fraction of sp³-hybridized carbons (Fsp3) is 0.118. The number of nitrogens with zero attached hydrogens (tertiary/aromatic N) is 4. The number of nitrogens with one attached hydrogen (secondary N) is 1. The van der Waals surface area contributed by atoms with Crippen molar-refractivity contribution in [3.63, 3.8) is 0 Å². The van der Waals surface area contributed by atoms with Gasteiger partial charge in [0.2, 0.25) is 0 Å². The number of H-pyrrole nitrogens is 1. The predicted octanol–water partition coefficient (Wildman–Crippen LogP) is 2.61. The summed E-state index contributed by atoms with van der Waals surface area (Å²) in [5, 5.41) is 9.19. The predicted molar refractivity (Wildman–Crippen MR) is 87.1 cm³/mol. The smallest absolute Gasteiger partial charge is 0.163 e. The standard InChI is InChI=1S/C17H15N5O/c1-11-2-4-14(19-9-11)17-18-6-7-22(17)12-3-5-13-15(8-12)21-16(10-23)20-13/h2-9,23H,10H2,1H3,(H,20,21). The maximum absolute atomic E-state index is 9.19. The molecule has 3 aromatic heterocycles. The summed E-state index contributed by atoms with van der Waals surface area (Å²) in [7, 11) is 0. The van der Waals surface area contributed by atoms with Crippen molar-refractivity contribution in [2.24, 2.45) is 0 Å². The molecule has 0 aliphatic heterocycles. The Kier molecular flexibility index (Phi) is 3.17. The number of aryl methyl sites for hydroxylation is 1. The Morgan fingerprint density at radius 1 is 1.17 bits per heavy atom. The molecule has 23 heavy (non-hydrogen) atoms. The fourth-order valence-electron chi connectivity index (χ4n) is 2.58. The van der Waals surface area contributed by atoms with Crippen molar-refractivity contribution in [2.45, 2.75) is 13.5 Å². The highest BCUT2D eigenvalue weighted by atomic mass is 16.3. The van der Waals surface area contributed by atoms with Crippen molar-refractivity contribution in [3.05, 3.63) is 60.3 Å². The first-order valence-electron chi connectivity index (χ1n) is 7.31. The highest BCUT2D eigenvalue weighted by Crippen LogP contribution is 2.22. The molecule has 114 valence electrons. The maximum atomic E-state index is 9.19. The Morgan fingerprint density at radius 3 is 2.87 bits per heavy atom. The molecular weight excluding hydrogens is 290 g/mol. The van der Waals surface area contributed by atoms with Crippen molar-refractivity contribution in [1.82, 2.24) is 24.5 Å². The summed E-state index contributed by atoms with van der Waals surface area (Å²) >= 11 is 0. The van der Waals surface area contributed by atoms with E-state index in [9.17, 15) is 5.11 Å². The Labute approximate surface area is 132 Å². The van der Waals surface area contributed by atoms with Gasteiger partial charge in [0.15, 0.2) is 5.82 Å². The van der Waals surface area contributed by atoms with Crippen molar-refractivity contribution >= 4 is 11.0 Å². The van der Waals surface area contributed by atoms with E-state index in [0.717, 1.165) is 33.8 Å². The van der Waals surface area contributed by atoms with Crippen LogP contribution in [-0.2, 0) is 6.61 Å². The van der Waals surface area contributed by atoms with Gasteiger partial charge in [-0.15, -0.1) is 0 Å². The van der Waals surface area contributed by atoms with Crippen LogP contribution < -0.4 is 0 Å². The van der Waals surface area contributed by atoms with Gasteiger partial charge in [-0.3, -0.25) is 9.55 Å². The molecule has 0 spiro atoms. The number of hydrogen-bond acceptors (Lipinski definition) is 4. The molecule has 0 saturated carbocycles. The third-order valence-corrected chi connectivity index (χ3v) is 3.72. The molecule has 0 aliphatic carbocycles. The van der Waals surface area contributed by atoms with Crippen molar-refractivity contribution in [2.75, 3.05) is 0 Å². The monoisotopic (exact) mass is 305 g/mol. The molecule has 0 unspecified atom stereocenters. The van der Waals surface area contributed by atoms with Gasteiger partial charge in [-0.25, -0.2) is 9.97 Å². The molecule has 6 heteroatoms. The molecule has 0 aliphatic rings. The molecule has 0 fully saturated rings. The molecule has 4 rings (SSSR count). The molecule has 4 aromatic rings. The number of fused-ring (bicyclic) bond motifs is 1. The van der Waals surface area contributed by atoms with E-state index in [-0.39, 0.29) is 6.61 Å². The summed E-state index contributed by atoms with van der Waals surface area (Å²) in [5.41, 5.74) is 4.60. The van der Waals surface area contributed by atoms with Gasteiger partial charge in [0, 0.05) is 24.3 Å². The number of aromatic amines is 1. The van der Waals surface area contributed by atoms with E-state index >= 15 is 0 Å². The lowest BCUT2D eigenvalue weighted by Crippen LogP contribution is -1.97. The molecule has 0 amide bonds. The average Bonchev–Trinajstić information content (AvgIpc) is 3.21. The minimum absolute atomic E-state index is 0.104. The number of aromatic nitrogens is 5. The second kappa shape index (κ2) is 5.33. The summed E-state index contributed by atoms with van der Waals surface area (Å²) in [5.74, 6) is 1.34. The number of aliphatic hydroxyl groups excluding tert-OH is 1. The molecule has 0 radical (unpaired) electrons. The zero-order valence-corrected chi connectivity index (χ0v) is 12.6. The van der Waals surface area contributed by atoms with E-state index in [0.29, 0.717) is 5.82 Å². The third-order valence-electron chi connectivity index (χ3n) is 3.72. The quantitative estimate of drug-likeness (QED) is 0.610. The van der Waals surface area contributed by atoms with Gasteiger partial charge in [-0.2, -0.15) is 0 Å². The van der Waals surface area contributed by atoms with Crippen molar-refractivity contribution in [1.29, 1.82) is 0 Å². The van der Waals surface area contributed by atoms with Gasteiger partial charge in [-0.1, -0.05) is 6.07 Å². The normalized spacial score (nSPS) is 11.2. The highest BCUT2D eigenvalue weighted by Gasteiger charge is 2.10. The van der Waals surface area contributed by atoms with E-state index in [1.807, 2.05) is 54.2 Å². The number of aliphatic hydroxyl groups is 1. The number of benzene rings is 1. The number of hydrogen-bond donors (Lipinski definition) is 2. The van der Waals surface area contributed by atoms with Crippen LogP contribution in [0.2, 0.25) is 0 Å². The summed E-state index contributed by atoms with van der Waals surface area (Å²) in [6, 6.07) is 9.87. The van der Waals surface area contributed by atoms with Crippen LogP contribution in [0.4, 0.5) is 0 Å². The van der Waals surface area contributed by atoms with E-state index in [4.69, 9.17) is 0 Å². The van der Waals surface area contributed by atoms with Crippen LogP contribution in [-0.4, -0.2) is 29.6 Å². The van der Waals surface area contributed by atoms with Crippen LogP contribution in [0.15, 0.2) is 48.9 Å². The van der Waals surface area contributed by atoms with Crippen LogP contribution in [0.1, 0.15) is 11.4 Å². The van der Waals surface area contributed by atoms with Crippen LogP contribution in [0, 0.1) is 6.92 Å². The lowest BCUT2D eigenvalue weighted by atomic mass is 10.2. The minimum Gasteiger partial charge on any atom is -0.388 e. The van der Waals surface area contributed by atoms with E-state index in [1.165, 1.54) is 0 Å². The Hall–Kier alpha value is -2.99. The van der Waals surface area contributed by atoms with Gasteiger partial charge >= 0.3 is 0 Å². The largest absolute Gasteiger partial charge is 0.388 e. The topological polar surface area (TPSA) is 79.6 Å². The van der Waals surface area contributed by atoms with Crippen LogP contribution in [0.5, 0.6) is 0 Å².